The number of carbonyl (C=O) groups excluding carboxylic acids is 1. The van der Waals surface area contributed by atoms with Crippen LogP contribution < -0.4 is 10.6 Å². The van der Waals surface area contributed by atoms with Crippen molar-refractivity contribution in [2.24, 2.45) is 0 Å². The summed E-state index contributed by atoms with van der Waals surface area (Å²) in [5.74, 6) is 0.474. The summed E-state index contributed by atoms with van der Waals surface area (Å²) in [7, 11) is 0. The number of halogens is 2. The third kappa shape index (κ3) is 3.95. The molecule has 168 valence electrons. The van der Waals surface area contributed by atoms with Crippen LogP contribution in [0.5, 0.6) is 0 Å². The van der Waals surface area contributed by atoms with E-state index in [1.165, 1.54) is 16.8 Å². The van der Waals surface area contributed by atoms with Crippen molar-refractivity contribution in [3.8, 4) is 16.9 Å². The molecule has 0 atom stereocenters. The third-order valence-corrected chi connectivity index (χ3v) is 5.99. The molecule has 0 spiro atoms. The lowest BCUT2D eigenvalue weighted by Crippen LogP contribution is -2.48. The highest BCUT2D eigenvalue weighted by Gasteiger charge is 2.24. The van der Waals surface area contributed by atoms with Crippen molar-refractivity contribution < 1.29 is 9.18 Å². The molecule has 1 aliphatic rings. The molecule has 2 aromatic carbocycles. The molecular formula is C23H21ClFN7O. The van der Waals surface area contributed by atoms with Crippen LogP contribution in [0.1, 0.15) is 6.92 Å². The molecule has 4 aromatic rings. The maximum Gasteiger partial charge on any atom is 0.228 e. The quantitative estimate of drug-likeness (QED) is 0.497. The van der Waals surface area contributed by atoms with Gasteiger partial charge in [0.05, 0.1) is 16.8 Å². The minimum absolute atomic E-state index is 0.0504. The van der Waals surface area contributed by atoms with Crippen LogP contribution in [0.25, 0.3) is 28.0 Å². The van der Waals surface area contributed by atoms with Crippen molar-refractivity contribution in [1.29, 1.82) is 0 Å². The van der Waals surface area contributed by atoms with Crippen LogP contribution in [0, 0.1) is 5.82 Å². The Morgan fingerprint density at radius 3 is 2.45 bits per heavy atom. The van der Waals surface area contributed by atoms with E-state index in [-0.39, 0.29) is 11.7 Å². The number of nitrogen functional groups attached to an aromatic ring is 1. The average molecular weight is 466 g/mol. The number of aromatic nitrogens is 4. The van der Waals surface area contributed by atoms with Crippen LogP contribution in [0.3, 0.4) is 0 Å². The third-order valence-electron chi connectivity index (χ3n) is 5.74. The van der Waals surface area contributed by atoms with E-state index in [2.05, 4.69) is 10.1 Å². The highest BCUT2D eigenvalue weighted by Crippen LogP contribution is 2.34. The zero-order valence-electron chi connectivity index (χ0n) is 17.9. The lowest BCUT2D eigenvalue weighted by atomic mass is 10.1. The van der Waals surface area contributed by atoms with Gasteiger partial charge < -0.3 is 15.5 Å². The number of piperazine rings is 1. The van der Waals surface area contributed by atoms with Gasteiger partial charge in [-0.2, -0.15) is 4.98 Å². The van der Waals surface area contributed by atoms with Gasteiger partial charge in [-0.1, -0.05) is 29.8 Å². The Morgan fingerprint density at radius 2 is 1.79 bits per heavy atom. The molecule has 0 aliphatic carbocycles. The molecule has 0 unspecified atom stereocenters. The van der Waals surface area contributed by atoms with E-state index in [9.17, 15) is 9.18 Å². The molecule has 1 saturated heterocycles. The number of anilines is 2. The molecule has 10 heteroatoms. The summed E-state index contributed by atoms with van der Waals surface area (Å²) in [6.45, 7) is 3.95. The van der Waals surface area contributed by atoms with Crippen LogP contribution in [-0.2, 0) is 4.79 Å². The second-order valence-corrected chi connectivity index (χ2v) is 8.28. The van der Waals surface area contributed by atoms with E-state index >= 15 is 0 Å². The Balaban J connectivity index is 1.66. The molecule has 2 aromatic heterocycles. The number of hydrogen-bond donors (Lipinski definition) is 1. The summed E-state index contributed by atoms with van der Waals surface area (Å²) >= 11 is 6.09. The van der Waals surface area contributed by atoms with E-state index in [0.717, 1.165) is 5.56 Å². The fourth-order valence-electron chi connectivity index (χ4n) is 3.98. The van der Waals surface area contributed by atoms with Gasteiger partial charge in [0.25, 0.3) is 0 Å². The van der Waals surface area contributed by atoms with Gasteiger partial charge in [0, 0.05) is 43.7 Å². The van der Waals surface area contributed by atoms with Crippen molar-refractivity contribution in [3.63, 3.8) is 0 Å². The van der Waals surface area contributed by atoms with Gasteiger partial charge >= 0.3 is 0 Å². The first-order valence-electron chi connectivity index (χ1n) is 10.5. The number of amides is 1. The van der Waals surface area contributed by atoms with Crippen molar-refractivity contribution >= 4 is 40.3 Å². The highest BCUT2D eigenvalue weighted by molar-refractivity contribution is 6.30. The number of nitrogens with zero attached hydrogens (tertiary/aromatic N) is 6. The molecule has 0 radical (unpaired) electrons. The van der Waals surface area contributed by atoms with Gasteiger partial charge in [-0.3, -0.25) is 4.79 Å². The zero-order chi connectivity index (χ0) is 23.1. The van der Waals surface area contributed by atoms with Crippen molar-refractivity contribution in [1.82, 2.24) is 24.6 Å². The van der Waals surface area contributed by atoms with E-state index < -0.39 is 0 Å². The molecule has 8 nitrogen and oxygen atoms in total. The largest absolute Gasteiger partial charge is 0.383 e. The number of fused-ring (bicyclic) bond motifs is 1. The smallest absolute Gasteiger partial charge is 0.228 e. The minimum Gasteiger partial charge on any atom is -0.383 e. The standard InChI is InChI=1S/C23H21ClFN7O/c1-14(33)30-9-11-31(12-10-30)23-27-20(15-5-7-16(24)8-6-15)19-21(26)32(29-22(19)28-23)18-4-2-3-17(25)13-18/h2-8,13H,9-12,26H2,1H3. The molecule has 1 aliphatic heterocycles. The highest BCUT2D eigenvalue weighted by atomic mass is 35.5. The predicted octanol–water partition coefficient (Wildman–Crippen LogP) is 3.53. The summed E-state index contributed by atoms with van der Waals surface area (Å²) in [6, 6.07) is 13.3. The summed E-state index contributed by atoms with van der Waals surface area (Å²) in [5, 5.41) is 5.76. The van der Waals surface area contributed by atoms with Crippen molar-refractivity contribution in [3.05, 3.63) is 59.4 Å². The van der Waals surface area contributed by atoms with Gasteiger partial charge in [0.1, 0.15) is 11.6 Å². The molecular weight excluding hydrogens is 445 g/mol. The van der Waals surface area contributed by atoms with Gasteiger partial charge in [-0.05, 0) is 30.3 Å². The molecule has 2 N–H and O–H groups in total. The lowest BCUT2D eigenvalue weighted by Gasteiger charge is -2.34. The lowest BCUT2D eigenvalue weighted by molar-refractivity contribution is -0.129. The SMILES string of the molecule is CC(=O)N1CCN(c2nc(-c3ccc(Cl)cc3)c3c(N)n(-c4cccc(F)c4)nc3n2)CC1. The normalized spacial score (nSPS) is 14.2. The summed E-state index contributed by atoms with van der Waals surface area (Å²) in [5.41, 5.74) is 8.80. The van der Waals surface area contributed by atoms with Gasteiger partial charge in [0.2, 0.25) is 11.9 Å². The molecule has 1 amide bonds. The Morgan fingerprint density at radius 1 is 1.06 bits per heavy atom. The van der Waals surface area contributed by atoms with Crippen LogP contribution in [-0.4, -0.2) is 56.7 Å². The minimum atomic E-state index is -0.389. The van der Waals surface area contributed by atoms with Crippen LogP contribution in [0.2, 0.25) is 5.02 Å². The van der Waals surface area contributed by atoms with Crippen molar-refractivity contribution in [2.75, 3.05) is 36.8 Å². The number of rotatable bonds is 3. The summed E-state index contributed by atoms with van der Waals surface area (Å²) in [6.07, 6.45) is 0. The number of hydrogen-bond acceptors (Lipinski definition) is 6. The predicted molar refractivity (Wildman–Crippen MR) is 126 cm³/mol. The summed E-state index contributed by atoms with van der Waals surface area (Å²) < 4.78 is 15.3. The van der Waals surface area contributed by atoms with E-state index in [0.29, 0.717) is 65.4 Å². The monoisotopic (exact) mass is 465 g/mol. The fourth-order valence-corrected chi connectivity index (χ4v) is 4.11. The second-order valence-electron chi connectivity index (χ2n) is 7.85. The number of carbonyl (C=O) groups is 1. The Kier molecular flexibility index (Phi) is 5.33. The molecule has 33 heavy (non-hydrogen) atoms. The Bertz CT molecular complexity index is 1350. The summed E-state index contributed by atoms with van der Waals surface area (Å²) in [4.78, 5) is 25.0. The second kappa shape index (κ2) is 8.32. The molecule has 3 heterocycles. The molecule has 1 fully saturated rings. The first-order valence-corrected chi connectivity index (χ1v) is 10.9. The Labute approximate surface area is 194 Å². The van der Waals surface area contributed by atoms with E-state index in [1.807, 2.05) is 17.0 Å². The van der Waals surface area contributed by atoms with Gasteiger partial charge in [-0.25, -0.2) is 14.1 Å². The van der Waals surface area contributed by atoms with E-state index in [1.54, 1.807) is 36.1 Å². The fraction of sp³-hybridized carbons (Fsp3) is 0.217. The van der Waals surface area contributed by atoms with Gasteiger partial charge in [0.15, 0.2) is 5.65 Å². The zero-order valence-corrected chi connectivity index (χ0v) is 18.6. The molecule has 0 bridgehead atoms. The number of nitrogens with two attached hydrogens (primary N) is 1. The van der Waals surface area contributed by atoms with Crippen LogP contribution in [0.4, 0.5) is 16.2 Å². The maximum absolute atomic E-state index is 13.9. The van der Waals surface area contributed by atoms with Gasteiger partial charge in [-0.15, -0.1) is 5.10 Å². The first-order chi connectivity index (χ1) is 15.9. The molecule has 0 saturated carbocycles. The Hall–Kier alpha value is -3.72. The first kappa shape index (κ1) is 21.1. The maximum atomic E-state index is 13.9. The van der Waals surface area contributed by atoms with E-state index in [4.69, 9.17) is 22.3 Å². The van der Waals surface area contributed by atoms with Crippen LogP contribution in [0.15, 0.2) is 48.5 Å². The molecule has 5 rings (SSSR count). The number of benzene rings is 2. The van der Waals surface area contributed by atoms with Crippen molar-refractivity contribution in [2.45, 2.75) is 6.92 Å². The van der Waals surface area contributed by atoms with Crippen LogP contribution >= 0.6 is 11.6 Å². The topological polar surface area (TPSA) is 93.2 Å². The average Bonchev–Trinajstić information content (AvgIpc) is 3.15.